The summed E-state index contributed by atoms with van der Waals surface area (Å²) in [5.74, 6) is 1.27. The molecule has 0 aliphatic carbocycles. The van der Waals surface area contributed by atoms with Gasteiger partial charge < -0.3 is 15.2 Å². The van der Waals surface area contributed by atoms with Gasteiger partial charge in [0.15, 0.2) is 5.82 Å². The summed E-state index contributed by atoms with van der Waals surface area (Å²) in [5, 5.41) is 9.87. The number of piperidine rings is 1. The number of nitrogens with one attached hydrogen (secondary N) is 2. The van der Waals surface area contributed by atoms with Crippen molar-refractivity contribution < 1.29 is 9.32 Å². The minimum absolute atomic E-state index is 0.0317. The van der Waals surface area contributed by atoms with Crippen LogP contribution in [-0.2, 0) is 11.2 Å². The molecule has 2 heterocycles. The minimum Gasteiger partial charge on any atom is -0.354 e. The molecule has 1 aromatic rings. The standard InChI is InChI=1S/C11H18N4O2/c1-8-14-10(15-17-8)5-7-13-11(16)9-4-2-3-6-12-9/h9,12H,2-7H2,1H3,(H,13,16). The van der Waals surface area contributed by atoms with Gasteiger partial charge in [0.25, 0.3) is 0 Å². The zero-order valence-corrected chi connectivity index (χ0v) is 10.0. The third kappa shape index (κ3) is 3.52. The van der Waals surface area contributed by atoms with Crippen molar-refractivity contribution in [2.45, 2.75) is 38.6 Å². The van der Waals surface area contributed by atoms with Gasteiger partial charge in [-0.25, -0.2) is 0 Å². The average Bonchev–Trinajstić information content (AvgIpc) is 2.76. The number of nitrogens with zero attached hydrogens (tertiary/aromatic N) is 2. The lowest BCUT2D eigenvalue weighted by Gasteiger charge is -2.22. The quantitative estimate of drug-likeness (QED) is 0.782. The second-order valence-corrected chi connectivity index (χ2v) is 4.27. The van der Waals surface area contributed by atoms with Gasteiger partial charge in [0, 0.05) is 19.9 Å². The molecular formula is C11H18N4O2. The number of rotatable bonds is 4. The summed E-state index contributed by atoms with van der Waals surface area (Å²) in [6.45, 7) is 3.24. The molecule has 0 aromatic carbocycles. The molecule has 1 aliphatic heterocycles. The highest BCUT2D eigenvalue weighted by Gasteiger charge is 2.19. The Hall–Kier alpha value is -1.43. The van der Waals surface area contributed by atoms with Crippen molar-refractivity contribution in [1.29, 1.82) is 0 Å². The lowest BCUT2D eigenvalue weighted by molar-refractivity contribution is -0.123. The Kier molecular flexibility index (Phi) is 4.08. The van der Waals surface area contributed by atoms with E-state index in [1.165, 1.54) is 0 Å². The molecule has 1 unspecified atom stereocenters. The number of aromatic nitrogens is 2. The predicted octanol–water partition coefficient (Wildman–Crippen LogP) is 0.179. The van der Waals surface area contributed by atoms with E-state index in [4.69, 9.17) is 4.52 Å². The lowest BCUT2D eigenvalue weighted by atomic mass is 10.0. The van der Waals surface area contributed by atoms with Crippen LogP contribution in [0.5, 0.6) is 0 Å². The second-order valence-electron chi connectivity index (χ2n) is 4.27. The summed E-state index contributed by atoms with van der Waals surface area (Å²) in [5.41, 5.74) is 0. The molecule has 1 atom stereocenters. The fourth-order valence-electron chi connectivity index (χ4n) is 1.94. The van der Waals surface area contributed by atoms with Crippen LogP contribution in [0.2, 0.25) is 0 Å². The summed E-state index contributed by atoms with van der Waals surface area (Å²) < 4.78 is 4.85. The summed E-state index contributed by atoms with van der Waals surface area (Å²) in [6, 6.07) is -0.0317. The third-order valence-corrected chi connectivity index (χ3v) is 2.84. The molecule has 0 saturated carbocycles. The smallest absolute Gasteiger partial charge is 0.237 e. The molecule has 1 fully saturated rings. The number of aryl methyl sites for hydroxylation is 1. The largest absolute Gasteiger partial charge is 0.354 e. The van der Waals surface area contributed by atoms with Crippen LogP contribution in [0.4, 0.5) is 0 Å². The molecule has 0 bridgehead atoms. The molecule has 0 radical (unpaired) electrons. The first-order chi connectivity index (χ1) is 8.25. The highest BCUT2D eigenvalue weighted by atomic mass is 16.5. The summed E-state index contributed by atoms with van der Waals surface area (Å²) >= 11 is 0. The van der Waals surface area contributed by atoms with Crippen molar-refractivity contribution in [2.75, 3.05) is 13.1 Å². The molecule has 2 N–H and O–H groups in total. The van der Waals surface area contributed by atoms with Crippen molar-refractivity contribution in [2.24, 2.45) is 0 Å². The molecule has 17 heavy (non-hydrogen) atoms. The average molecular weight is 238 g/mol. The van der Waals surface area contributed by atoms with Gasteiger partial charge in [-0.1, -0.05) is 11.6 Å². The maximum absolute atomic E-state index is 11.8. The molecule has 0 spiro atoms. The molecule has 1 amide bonds. The van der Waals surface area contributed by atoms with Gasteiger partial charge >= 0.3 is 0 Å². The number of carbonyl (C=O) groups excluding carboxylic acids is 1. The van der Waals surface area contributed by atoms with Crippen LogP contribution >= 0.6 is 0 Å². The molecule has 6 heteroatoms. The van der Waals surface area contributed by atoms with E-state index >= 15 is 0 Å². The molecule has 2 rings (SSSR count). The van der Waals surface area contributed by atoms with E-state index < -0.39 is 0 Å². The van der Waals surface area contributed by atoms with E-state index in [1.807, 2.05) is 0 Å². The maximum atomic E-state index is 11.8. The normalized spacial score (nSPS) is 20.2. The van der Waals surface area contributed by atoms with Crippen LogP contribution < -0.4 is 10.6 Å². The molecule has 1 saturated heterocycles. The Morgan fingerprint density at radius 2 is 2.47 bits per heavy atom. The Morgan fingerprint density at radius 1 is 1.59 bits per heavy atom. The maximum Gasteiger partial charge on any atom is 0.237 e. The topological polar surface area (TPSA) is 80.0 Å². The fraction of sp³-hybridized carbons (Fsp3) is 0.727. The first-order valence-corrected chi connectivity index (χ1v) is 6.06. The number of hydrogen-bond acceptors (Lipinski definition) is 5. The fourth-order valence-corrected chi connectivity index (χ4v) is 1.94. The number of amides is 1. The van der Waals surface area contributed by atoms with E-state index in [0.29, 0.717) is 24.7 Å². The van der Waals surface area contributed by atoms with Crippen LogP contribution in [0.1, 0.15) is 31.0 Å². The van der Waals surface area contributed by atoms with Crippen molar-refractivity contribution in [3.05, 3.63) is 11.7 Å². The van der Waals surface area contributed by atoms with Gasteiger partial charge in [-0.3, -0.25) is 4.79 Å². The van der Waals surface area contributed by atoms with Crippen molar-refractivity contribution >= 4 is 5.91 Å². The first-order valence-electron chi connectivity index (χ1n) is 6.06. The van der Waals surface area contributed by atoms with E-state index in [9.17, 15) is 4.79 Å². The Morgan fingerprint density at radius 3 is 3.12 bits per heavy atom. The SMILES string of the molecule is Cc1nc(CCNC(=O)C2CCCCN2)no1. The van der Waals surface area contributed by atoms with Crippen LogP contribution in [0.15, 0.2) is 4.52 Å². The monoisotopic (exact) mass is 238 g/mol. The minimum atomic E-state index is -0.0317. The molecule has 6 nitrogen and oxygen atoms in total. The van der Waals surface area contributed by atoms with Gasteiger partial charge in [-0.05, 0) is 19.4 Å². The van der Waals surface area contributed by atoms with E-state index in [0.717, 1.165) is 25.8 Å². The van der Waals surface area contributed by atoms with Gasteiger partial charge in [0.2, 0.25) is 11.8 Å². The van der Waals surface area contributed by atoms with Crippen molar-refractivity contribution in [1.82, 2.24) is 20.8 Å². The van der Waals surface area contributed by atoms with Gasteiger partial charge in [0.1, 0.15) is 0 Å². The van der Waals surface area contributed by atoms with Crippen LogP contribution in [0, 0.1) is 6.92 Å². The summed E-state index contributed by atoms with van der Waals surface area (Å²) in [6.07, 6.45) is 3.81. The number of hydrogen-bond donors (Lipinski definition) is 2. The molecular weight excluding hydrogens is 220 g/mol. The second kappa shape index (κ2) is 5.77. The van der Waals surface area contributed by atoms with Crippen molar-refractivity contribution in [3.63, 3.8) is 0 Å². The lowest BCUT2D eigenvalue weighted by Crippen LogP contribution is -2.47. The van der Waals surface area contributed by atoms with E-state index in [-0.39, 0.29) is 11.9 Å². The Labute approximate surface area is 100 Å². The highest BCUT2D eigenvalue weighted by molar-refractivity contribution is 5.81. The summed E-state index contributed by atoms with van der Waals surface area (Å²) in [4.78, 5) is 15.8. The van der Waals surface area contributed by atoms with Gasteiger partial charge in [0.05, 0.1) is 6.04 Å². The zero-order chi connectivity index (χ0) is 12.1. The van der Waals surface area contributed by atoms with Gasteiger partial charge in [-0.15, -0.1) is 0 Å². The van der Waals surface area contributed by atoms with Gasteiger partial charge in [-0.2, -0.15) is 4.98 Å². The van der Waals surface area contributed by atoms with Crippen molar-refractivity contribution in [3.8, 4) is 0 Å². The third-order valence-electron chi connectivity index (χ3n) is 2.84. The highest BCUT2D eigenvalue weighted by Crippen LogP contribution is 2.06. The predicted molar refractivity (Wildman–Crippen MR) is 61.4 cm³/mol. The molecule has 1 aliphatic rings. The van der Waals surface area contributed by atoms with Crippen LogP contribution in [-0.4, -0.2) is 35.2 Å². The van der Waals surface area contributed by atoms with Crippen LogP contribution in [0.3, 0.4) is 0 Å². The van der Waals surface area contributed by atoms with Crippen LogP contribution in [0.25, 0.3) is 0 Å². The van der Waals surface area contributed by atoms with E-state index in [1.54, 1.807) is 6.92 Å². The summed E-state index contributed by atoms with van der Waals surface area (Å²) in [7, 11) is 0. The van der Waals surface area contributed by atoms with E-state index in [2.05, 4.69) is 20.8 Å². The molecule has 94 valence electrons. The Balaban J connectivity index is 1.69. The zero-order valence-electron chi connectivity index (χ0n) is 10.0. The Bertz CT molecular complexity index is 371. The molecule has 1 aromatic heterocycles. The first kappa shape index (κ1) is 12.0. The number of carbonyl (C=O) groups is 1.